The summed E-state index contributed by atoms with van der Waals surface area (Å²) in [7, 11) is 1.31. The van der Waals surface area contributed by atoms with Gasteiger partial charge in [-0.15, -0.1) is 0 Å². The number of methoxy groups -OCH3 is 1. The van der Waals surface area contributed by atoms with Crippen molar-refractivity contribution in [1.29, 1.82) is 0 Å². The third kappa shape index (κ3) is 5.67. The summed E-state index contributed by atoms with van der Waals surface area (Å²) in [6.45, 7) is 6.64. The number of ether oxygens (including phenoxy) is 2. The first kappa shape index (κ1) is 24.6. The molecule has 1 unspecified atom stereocenters. The number of hydrogen-bond acceptors (Lipinski definition) is 5. The van der Waals surface area contributed by atoms with Crippen molar-refractivity contribution in [2.45, 2.75) is 33.2 Å². The molecule has 0 bridgehead atoms. The molecule has 3 rings (SSSR count). The number of urea groups is 2. The maximum Gasteiger partial charge on any atom is 0.337 e. The topological polar surface area (TPSA) is 109 Å². The maximum absolute atomic E-state index is 12.7. The first-order chi connectivity index (χ1) is 16.4. The van der Waals surface area contributed by atoms with Gasteiger partial charge in [0.05, 0.1) is 25.3 Å². The van der Waals surface area contributed by atoms with E-state index in [1.54, 1.807) is 55.5 Å². The fourth-order valence-corrected chi connectivity index (χ4v) is 3.79. The second-order valence-corrected chi connectivity index (χ2v) is 7.69. The SMILES string of the molecule is CCCN1C(=O)NC(c2cccc(NC(=O)Nc3ccc(OCC)cc3)c2)C(C(=O)OC)=C1C. The predicted molar refractivity (Wildman–Crippen MR) is 130 cm³/mol. The minimum absolute atomic E-state index is 0.288. The van der Waals surface area contributed by atoms with Crippen LogP contribution in [0.15, 0.2) is 59.8 Å². The Bertz CT molecular complexity index is 1080. The zero-order valence-electron chi connectivity index (χ0n) is 19.8. The Kier molecular flexibility index (Phi) is 8.13. The number of anilines is 2. The minimum Gasteiger partial charge on any atom is -0.494 e. The molecule has 34 heavy (non-hydrogen) atoms. The second kappa shape index (κ2) is 11.2. The molecule has 9 nitrogen and oxygen atoms in total. The van der Waals surface area contributed by atoms with Crippen molar-refractivity contribution in [2.24, 2.45) is 0 Å². The van der Waals surface area contributed by atoms with Gasteiger partial charge in [-0.05, 0) is 62.2 Å². The molecular formula is C25H30N4O5. The van der Waals surface area contributed by atoms with Gasteiger partial charge < -0.3 is 25.4 Å². The van der Waals surface area contributed by atoms with Gasteiger partial charge in [0.1, 0.15) is 5.75 Å². The van der Waals surface area contributed by atoms with Crippen molar-refractivity contribution in [2.75, 3.05) is 30.9 Å². The Morgan fingerprint density at radius 3 is 2.41 bits per heavy atom. The molecule has 4 amide bonds. The second-order valence-electron chi connectivity index (χ2n) is 7.69. The molecule has 0 aromatic heterocycles. The molecule has 1 atom stereocenters. The quantitative estimate of drug-likeness (QED) is 0.491. The monoisotopic (exact) mass is 466 g/mol. The Labute approximate surface area is 199 Å². The van der Waals surface area contributed by atoms with E-state index in [9.17, 15) is 14.4 Å². The molecule has 0 spiro atoms. The Morgan fingerprint density at radius 1 is 1.06 bits per heavy atom. The number of rotatable bonds is 8. The molecule has 3 N–H and O–H groups in total. The summed E-state index contributed by atoms with van der Waals surface area (Å²) >= 11 is 0. The molecule has 0 saturated heterocycles. The molecule has 0 aliphatic carbocycles. The number of esters is 1. The number of nitrogens with one attached hydrogen (secondary N) is 3. The van der Waals surface area contributed by atoms with Crippen LogP contribution in [0.25, 0.3) is 0 Å². The van der Waals surface area contributed by atoms with Gasteiger partial charge in [0.25, 0.3) is 0 Å². The molecule has 2 aromatic rings. The van der Waals surface area contributed by atoms with Gasteiger partial charge in [-0.2, -0.15) is 0 Å². The van der Waals surface area contributed by atoms with Gasteiger partial charge in [-0.3, -0.25) is 4.90 Å². The van der Waals surface area contributed by atoms with E-state index in [0.29, 0.717) is 41.4 Å². The van der Waals surface area contributed by atoms with Crippen molar-refractivity contribution >= 4 is 29.4 Å². The van der Waals surface area contributed by atoms with E-state index in [4.69, 9.17) is 9.47 Å². The predicted octanol–water partition coefficient (Wildman–Crippen LogP) is 4.65. The van der Waals surface area contributed by atoms with Crippen LogP contribution >= 0.6 is 0 Å². The van der Waals surface area contributed by atoms with Crippen molar-refractivity contribution in [3.05, 3.63) is 65.4 Å². The highest BCUT2D eigenvalue weighted by Gasteiger charge is 2.36. The average molecular weight is 467 g/mol. The lowest BCUT2D eigenvalue weighted by Gasteiger charge is -2.35. The molecule has 2 aromatic carbocycles. The molecule has 1 heterocycles. The molecule has 0 radical (unpaired) electrons. The van der Waals surface area contributed by atoms with E-state index < -0.39 is 18.0 Å². The van der Waals surface area contributed by atoms with E-state index in [1.807, 2.05) is 13.8 Å². The number of allylic oxidation sites excluding steroid dienone is 1. The van der Waals surface area contributed by atoms with Crippen LogP contribution in [0.3, 0.4) is 0 Å². The molecule has 1 aliphatic rings. The highest BCUT2D eigenvalue weighted by Crippen LogP contribution is 2.32. The van der Waals surface area contributed by atoms with Crippen molar-refractivity contribution in [3.63, 3.8) is 0 Å². The van der Waals surface area contributed by atoms with Crippen molar-refractivity contribution in [3.8, 4) is 5.75 Å². The van der Waals surface area contributed by atoms with E-state index in [2.05, 4.69) is 16.0 Å². The van der Waals surface area contributed by atoms with E-state index in [1.165, 1.54) is 12.0 Å². The lowest BCUT2D eigenvalue weighted by atomic mass is 9.94. The Hall–Kier alpha value is -4.01. The standard InChI is InChI=1S/C25H30N4O5/c1-5-14-29-16(3)21(23(30)33-4)22(28-25(29)32)17-8-7-9-19(15-17)27-24(31)26-18-10-12-20(13-11-18)34-6-2/h7-13,15,22H,5-6,14H2,1-4H3,(H,28,32)(H2,26,27,31). The maximum atomic E-state index is 12.7. The summed E-state index contributed by atoms with van der Waals surface area (Å²) in [5.41, 5.74) is 2.66. The minimum atomic E-state index is -0.705. The largest absolute Gasteiger partial charge is 0.494 e. The van der Waals surface area contributed by atoms with Crippen LogP contribution in [0, 0.1) is 0 Å². The van der Waals surface area contributed by atoms with Crippen LogP contribution in [-0.2, 0) is 9.53 Å². The van der Waals surface area contributed by atoms with Gasteiger partial charge >= 0.3 is 18.0 Å². The lowest BCUT2D eigenvalue weighted by molar-refractivity contribution is -0.136. The lowest BCUT2D eigenvalue weighted by Crippen LogP contribution is -2.48. The number of carbonyl (C=O) groups excluding carboxylic acids is 3. The smallest absolute Gasteiger partial charge is 0.337 e. The summed E-state index contributed by atoms with van der Waals surface area (Å²) in [5.74, 6) is 0.202. The summed E-state index contributed by atoms with van der Waals surface area (Å²) in [5, 5.41) is 8.43. The highest BCUT2D eigenvalue weighted by atomic mass is 16.5. The van der Waals surface area contributed by atoms with Gasteiger partial charge in [0.2, 0.25) is 0 Å². The fraction of sp³-hybridized carbons (Fsp3) is 0.320. The van der Waals surface area contributed by atoms with Crippen molar-refractivity contribution in [1.82, 2.24) is 10.2 Å². The molecule has 0 fully saturated rings. The fourth-order valence-electron chi connectivity index (χ4n) is 3.79. The zero-order valence-corrected chi connectivity index (χ0v) is 19.8. The number of carbonyl (C=O) groups is 3. The number of hydrogen-bond donors (Lipinski definition) is 3. The number of nitrogens with zero attached hydrogens (tertiary/aromatic N) is 1. The summed E-state index contributed by atoms with van der Waals surface area (Å²) < 4.78 is 10.4. The van der Waals surface area contributed by atoms with E-state index in [-0.39, 0.29) is 6.03 Å². The van der Waals surface area contributed by atoms with Crippen LogP contribution in [0.4, 0.5) is 21.0 Å². The first-order valence-electron chi connectivity index (χ1n) is 11.2. The van der Waals surface area contributed by atoms with Crippen LogP contribution in [0.5, 0.6) is 5.75 Å². The summed E-state index contributed by atoms with van der Waals surface area (Å²) in [4.78, 5) is 39.3. The average Bonchev–Trinajstić information content (AvgIpc) is 2.82. The third-order valence-corrected chi connectivity index (χ3v) is 5.35. The van der Waals surface area contributed by atoms with Gasteiger partial charge in [0.15, 0.2) is 0 Å². The molecule has 0 saturated carbocycles. The molecular weight excluding hydrogens is 436 g/mol. The summed E-state index contributed by atoms with van der Waals surface area (Å²) in [6.07, 6.45) is 0.743. The molecule has 1 aliphatic heterocycles. The van der Waals surface area contributed by atoms with Crippen LogP contribution in [-0.4, -0.2) is 43.2 Å². The Morgan fingerprint density at radius 2 is 1.76 bits per heavy atom. The van der Waals surface area contributed by atoms with Crippen molar-refractivity contribution < 1.29 is 23.9 Å². The first-order valence-corrected chi connectivity index (χ1v) is 11.2. The summed E-state index contributed by atoms with van der Waals surface area (Å²) in [6, 6.07) is 12.6. The van der Waals surface area contributed by atoms with Crippen LogP contribution in [0.1, 0.15) is 38.8 Å². The van der Waals surface area contributed by atoms with E-state index in [0.717, 1.165) is 12.2 Å². The van der Waals surface area contributed by atoms with Gasteiger partial charge in [-0.1, -0.05) is 19.1 Å². The number of amides is 4. The van der Waals surface area contributed by atoms with Gasteiger partial charge in [0, 0.05) is 23.6 Å². The number of benzene rings is 2. The normalized spacial score (nSPS) is 15.5. The third-order valence-electron chi connectivity index (χ3n) is 5.35. The van der Waals surface area contributed by atoms with E-state index >= 15 is 0 Å². The Balaban J connectivity index is 1.80. The van der Waals surface area contributed by atoms with Gasteiger partial charge in [-0.25, -0.2) is 14.4 Å². The van der Waals surface area contributed by atoms with Crippen LogP contribution < -0.4 is 20.7 Å². The zero-order chi connectivity index (χ0) is 24.7. The van der Waals surface area contributed by atoms with Crippen LogP contribution in [0.2, 0.25) is 0 Å². The molecule has 9 heteroatoms. The molecule has 180 valence electrons. The highest BCUT2D eigenvalue weighted by molar-refractivity contribution is 6.00.